The Kier molecular flexibility index (Phi) is 8.25. The molecule has 1 atom stereocenters. The summed E-state index contributed by atoms with van der Waals surface area (Å²) >= 11 is 6.11. The molecule has 0 saturated heterocycles. The average molecular weight is 541 g/mol. The predicted octanol–water partition coefficient (Wildman–Crippen LogP) is 5.47. The van der Waals surface area contributed by atoms with Crippen LogP contribution in [0.2, 0.25) is 0 Å². The number of hydrogen-bond donors (Lipinski definition) is 1. The number of benzene rings is 1. The number of nitrogens with zero attached hydrogens (tertiary/aromatic N) is 3. The Hall–Kier alpha value is -2.72. The summed E-state index contributed by atoms with van der Waals surface area (Å²) in [6, 6.07) is 13.7. The number of esters is 1. The number of aromatic nitrogens is 1. The van der Waals surface area contributed by atoms with E-state index >= 15 is 0 Å². The molecular weight excluding hydrogens is 520 g/mol. The first-order chi connectivity index (χ1) is 15.8. The van der Waals surface area contributed by atoms with Crippen molar-refractivity contribution in [2.24, 2.45) is 5.73 Å². The maximum atomic E-state index is 13.2. The zero-order chi connectivity index (χ0) is 24.1. The summed E-state index contributed by atoms with van der Waals surface area (Å²) in [5.41, 5.74) is 9.92. The molecule has 2 heterocycles. The van der Waals surface area contributed by atoms with E-state index in [1.807, 2.05) is 44.2 Å². The number of halogens is 1. The fraction of sp³-hybridized carbons (Fsp3) is 0.250. The highest BCUT2D eigenvalue weighted by molar-refractivity contribution is 9.10. The van der Waals surface area contributed by atoms with Crippen LogP contribution >= 0.6 is 39.5 Å². The Morgan fingerprint density at radius 1 is 1.30 bits per heavy atom. The number of allylic oxidation sites excluding steroid dienone is 1. The first-order valence-electron chi connectivity index (χ1n) is 10.1. The van der Waals surface area contributed by atoms with Gasteiger partial charge in [-0.2, -0.15) is 10.5 Å². The smallest absolute Gasteiger partial charge is 0.335 e. The summed E-state index contributed by atoms with van der Waals surface area (Å²) in [4.78, 5) is 18.4. The monoisotopic (exact) mass is 540 g/mol. The molecule has 1 unspecified atom stereocenters. The van der Waals surface area contributed by atoms with Gasteiger partial charge in [0.25, 0.3) is 0 Å². The molecule has 33 heavy (non-hydrogen) atoms. The minimum atomic E-state index is -0.663. The van der Waals surface area contributed by atoms with Crippen LogP contribution in [0.5, 0.6) is 0 Å². The number of carbonyl (C=O) groups excluding carboxylic acids is 1. The lowest BCUT2D eigenvalue weighted by Gasteiger charge is -2.28. The van der Waals surface area contributed by atoms with Gasteiger partial charge in [0.05, 0.1) is 40.3 Å². The molecule has 1 aromatic carbocycles. The van der Waals surface area contributed by atoms with E-state index in [4.69, 9.17) is 10.5 Å². The molecule has 0 radical (unpaired) electrons. The van der Waals surface area contributed by atoms with Crippen molar-refractivity contribution in [2.75, 3.05) is 12.4 Å². The molecule has 0 spiro atoms. The van der Waals surface area contributed by atoms with Gasteiger partial charge in [0.15, 0.2) is 0 Å². The van der Waals surface area contributed by atoms with E-state index in [2.05, 4.69) is 33.1 Å². The molecule has 1 aromatic heterocycles. The lowest BCUT2D eigenvalue weighted by atomic mass is 9.84. The molecule has 0 aliphatic carbocycles. The molecule has 2 N–H and O–H groups in total. The fourth-order valence-corrected chi connectivity index (χ4v) is 6.31. The molecule has 168 valence electrons. The number of carbonyl (C=O) groups is 1. The molecule has 0 bridgehead atoms. The molecule has 0 saturated carbocycles. The number of rotatable bonds is 6. The number of aryl methyl sites for hydroxylation is 2. The first kappa shape index (κ1) is 24.9. The van der Waals surface area contributed by atoms with E-state index in [-0.39, 0.29) is 6.61 Å². The average Bonchev–Trinajstić information content (AvgIpc) is 2.77. The summed E-state index contributed by atoms with van der Waals surface area (Å²) in [6.45, 7) is 5.69. The topological polar surface area (TPSA) is 113 Å². The van der Waals surface area contributed by atoms with Crippen LogP contribution in [-0.4, -0.2) is 23.3 Å². The SMILES string of the molecule is CCOC(=O)C1=C(CSc2nc(C)cc(C)c2C#N)SC(N)=C(C#N)C1c1ccccc1Br. The Morgan fingerprint density at radius 3 is 2.67 bits per heavy atom. The zero-order valence-corrected chi connectivity index (χ0v) is 21.5. The van der Waals surface area contributed by atoms with Crippen molar-refractivity contribution in [3.8, 4) is 12.1 Å². The van der Waals surface area contributed by atoms with Crippen molar-refractivity contribution in [3.05, 3.63) is 78.3 Å². The third kappa shape index (κ3) is 5.27. The van der Waals surface area contributed by atoms with E-state index in [9.17, 15) is 15.3 Å². The summed E-state index contributed by atoms with van der Waals surface area (Å²) in [6.07, 6.45) is 0. The van der Waals surface area contributed by atoms with Crippen molar-refractivity contribution in [1.82, 2.24) is 4.98 Å². The van der Waals surface area contributed by atoms with Gasteiger partial charge in [0.1, 0.15) is 11.1 Å². The standard InChI is InChI=1S/C24H21BrN4O2S2/c1-4-31-24(30)21-19(12-32-23-16(10-26)13(2)9-14(3)29-23)33-22(28)17(11-27)20(21)15-7-5-6-8-18(15)25/h5-9,20H,4,12,28H2,1-3H3. The van der Waals surface area contributed by atoms with Gasteiger partial charge in [-0.15, -0.1) is 0 Å². The number of pyridine rings is 1. The van der Waals surface area contributed by atoms with Gasteiger partial charge in [0, 0.05) is 20.8 Å². The van der Waals surface area contributed by atoms with Crippen LogP contribution in [0.3, 0.4) is 0 Å². The zero-order valence-electron chi connectivity index (χ0n) is 18.3. The van der Waals surface area contributed by atoms with Gasteiger partial charge >= 0.3 is 5.97 Å². The molecule has 0 fully saturated rings. The van der Waals surface area contributed by atoms with Crippen LogP contribution < -0.4 is 5.73 Å². The molecular formula is C24H21BrN4O2S2. The Labute approximate surface area is 210 Å². The third-order valence-electron chi connectivity index (χ3n) is 4.97. The van der Waals surface area contributed by atoms with Crippen molar-refractivity contribution in [2.45, 2.75) is 31.7 Å². The van der Waals surface area contributed by atoms with Crippen LogP contribution in [0.4, 0.5) is 0 Å². The molecule has 1 aliphatic rings. The predicted molar refractivity (Wildman–Crippen MR) is 134 cm³/mol. The Morgan fingerprint density at radius 2 is 2.03 bits per heavy atom. The number of thioether (sulfide) groups is 2. The first-order valence-corrected chi connectivity index (χ1v) is 12.6. The molecule has 3 rings (SSSR count). The highest BCUT2D eigenvalue weighted by Crippen LogP contribution is 2.48. The number of ether oxygens (including phenoxy) is 1. The lowest BCUT2D eigenvalue weighted by Crippen LogP contribution is -2.23. The normalized spacial score (nSPS) is 15.8. The van der Waals surface area contributed by atoms with E-state index in [1.165, 1.54) is 23.5 Å². The van der Waals surface area contributed by atoms with Crippen molar-refractivity contribution < 1.29 is 9.53 Å². The van der Waals surface area contributed by atoms with Gasteiger partial charge in [-0.05, 0) is 44.0 Å². The van der Waals surface area contributed by atoms with Crippen LogP contribution in [0, 0.1) is 36.5 Å². The van der Waals surface area contributed by atoms with Gasteiger partial charge in [-0.25, -0.2) is 9.78 Å². The van der Waals surface area contributed by atoms with E-state index < -0.39 is 11.9 Å². The quantitative estimate of drug-likeness (QED) is 0.379. The number of hydrogen-bond acceptors (Lipinski definition) is 8. The van der Waals surface area contributed by atoms with Crippen LogP contribution in [-0.2, 0) is 9.53 Å². The van der Waals surface area contributed by atoms with E-state index in [0.29, 0.717) is 37.4 Å². The second-order valence-corrected chi connectivity index (χ2v) is 10.1. The van der Waals surface area contributed by atoms with Crippen molar-refractivity contribution in [3.63, 3.8) is 0 Å². The highest BCUT2D eigenvalue weighted by Gasteiger charge is 2.37. The molecule has 0 amide bonds. The van der Waals surface area contributed by atoms with Crippen molar-refractivity contribution >= 4 is 45.4 Å². The second kappa shape index (κ2) is 10.9. The summed E-state index contributed by atoms with van der Waals surface area (Å²) < 4.78 is 6.15. The molecule has 6 nitrogen and oxygen atoms in total. The highest BCUT2D eigenvalue weighted by atomic mass is 79.9. The Bertz CT molecular complexity index is 1260. The summed E-state index contributed by atoms with van der Waals surface area (Å²) in [5.74, 6) is -0.802. The molecule has 9 heteroatoms. The van der Waals surface area contributed by atoms with Gasteiger partial charge in [0.2, 0.25) is 0 Å². The molecule has 2 aromatic rings. The summed E-state index contributed by atoms with van der Waals surface area (Å²) in [5, 5.41) is 20.4. The maximum absolute atomic E-state index is 13.2. The molecule has 1 aliphatic heterocycles. The number of nitriles is 2. The van der Waals surface area contributed by atoms with E-state index in [0.717, 1.165) is 21.3 Å². The summed E-state index contributed by atoms with van der Waals surface area (Å²) in [7, 11) is 0. The minimum absolute atomic E-state index is 0.203. The van der Waals surface area contributed by atoms with Crippen LogP contribution in [0.25, 0.3) is 0 Å². The third-order valence-corrected chi connectivity index (χ3v) is 7.93. The van der Waals surface area contributed by atoms with Crippen molar-refractivity contribution in [1.29, 1.82) is 10.5 Å². The minimum Gasteiger partial charge on any atom is -0.463 e. The largest absolute Gasteiger partial charge is 0.463 e. The second-order valence-electron chi connectivity index (χ2n) is 7.16. The van der Waals surface area contributed by atoms with Gasteiger partial charge in [-0.1, -0.05) is 57.7 Å². The maximum Gasteiger partial charge on any atom is 0.335 e. The van der Waals surface area contributed by atoms with E-state index in [1.54, 1.807) is 6.92 Å². The lowest BCUT2D eigenvalue weighted by molar-refractivity contribution is -0.138. The van der Waals surface area contributed by atoms with Crippen LogP contribution in [0.1, 0.15) is 35.2 Å². The Balaban J connectivity index is 2.14. The van der Waals surface area contributed by atoms with Gasteiger partial charge < -0.3 is 10.5 Å². The van der Waals surface area contributed by atoms with Crippen LogP contribution in [0.15, 0.2) is 60.9 Å². The fourth-order valence-electron chi connectivity index (χ4n) is 3.55. The number of nitrogens with two attached hydrogens (primary N) is 1. The van der Waals surface area contributed by atoms with Gasteiger partial charge in [-0.3, -0.25) is 0 Å².